The molecule has 0 bridgehead atoms. The summed E-state index contributed by atoms with van der Waals surface area (Å²) < 4.78 is 2.16. The van der Waals surface area contributed by atoms with Crippen molar-refractivity contribution in [3.63, 3.8) is 0 Å². The second kappa shape index (κ2) is 9.67. The molecule has 4 aromatic rings. The molecular formula is C26H19Br2P. The minimum atomic E-state index is -0.633. The smallest absolute Gasteiger partial charge is 0.0248 e. The Labute approximate surface area is 190 Å². The molecule has 4 rings (SSSR count). The Bertz CT molecular complexity index is 1080. The van der Waals surface area contributed by atoms with E-state index in [1.54, 1.807) is 0 Å². The van der Waals surface area contributed by atoms with Crippen LogP contribution in [0.3, 0.4) is 0 Å². The van der Waals surface area contributed by atoms with Crippen LogP contribution in [0.4, 0.5) is 0 Å². The van der Waals surface area contributed by atoms with Crippen molar-refractivity contribution in [2.24, 2.45) is 0 Å². The average Bonchev–Trinajstić information content (AvgIpc) is 2.77. The third-order valence-electron chi connectivity index (χ3n) is 4.61. The zero-order chi connectivity index (χ0) is 20.1. The molecule has 0 aliphatic carbocycles. The molecule has 0 amide bonds. The molecule has 0 radical (unpaired) electrons. The molecule has 0 aromatic heterocycles. The Balaban J connectivity index is 1.81. The predicted molar refractivity (Wildman–Crippen MR) is 136 cm³/mol. The van der Waals surface area contributed by atoms with Crippen LogP contribution in [-0.2, 0) is 0 Å². The largest absolute Gasteiger partial charge is 0.0622 e. The van der Waals surface area contributed by atoms with Gasteiger partial charge in [-0.25, -0.2) is 0 Å². The molecular weight excluding hydrogens is 503 g/mol. The van der Waals surface area contributed by atoms with Crippen LogP contribution in [0.1, 0.15) is 11.1 Å². The maximum Gasteiger partial charge on any atom is 0.0248 e. The third-order valence-corrected chi connectivity index (χ3v) is 8.34. The Hall–Kier alpha value is -1.99. The average molecular weight is 522 g/mol. The molecule has 0 aliphatic rings. The summed E-state index contributed by atoms with van der Waals surface area (Å²) in [6, 6.07) is 36.6. The highest BCUT2D eigenvalue weighted by molar-refractivity contribution is 9.11. The summed E-state index contributed by atoms with van der Waals surface area (Å²) >= 11 is 7.23. The Morgan fingerprint density at radius 2 is 1.10 bits per heavy atom. The van der Waals surface area contributed by atoms with Gasteiger partial charge in [0.2, 0.25) is 0 Å². The normalized spacial score (nSPS) is 11.3. The van der Waals surface area contributed by atoms with Crippen molar-refractivity contribution >= 4 is 67.8 Å². The molecule has 0 heterocycles. The van der Waals surface area contributed by atoms with E-state index in [1.165, 1.54) is 21.5 Å². The number of hydrogen-bond donors (Lipinski definition) is 0. The van der Waals surface area contributed by atoms with E-state index in [2.05, 4.69) is 141 Å². The first-order chi connectivity index (χ1) is 14.2. The van der Waals surface area contributed by atoms with Gasteiger partial charge in [0, 0.05) is 8.95 Å². The van der Waals surface area contributed by atoms with Crippen molar-refractivity contribution in [3.8, 4) is 0 Å². The maximum absolute atomic E-state index is 3.66. The minimum absolute atomic E-state index is 0.633. The van der Waals surface area contributed by atoms with Crippen molar-refractivity contribution in [2.45, 2.75) is 0 Å². The molecule has 142 valence electrons. The first-order valence-electron chi connectivity index (χ1n) is 9.35. The van der Waals surface area contributed by atoms with E-state index in [-0.39, 0.29) is 0 Å². The molecule has 0 saturated carbocycles. The molecule has 0 atom stereocenters. The second-order valence-electron chi connectivity index (χ2n) is 6.56. The molecule has 4 aromatic carbocycles. The third kappa shape index (κ3) is 4.95. The van der Waals surface area contributed by atoms with E-state index in [1.807, 2.05) is 6.07 Å². The summed E-state index contributed by atoms with van der Waals surface area (Å²) in [5, 5.41) is 4.08. The molecule has 0 aliphatic heterocycles. The molecule has 0 N–H and O–H groups in total. The minimum Gasteiger partial charge on any atom is -0.0622 e. The summed E-state index contributed by atoms with van der Waals surface area (Å²) in [4.78, 5) is 0. The lowest BCUT2D eigenvalue weighted by molar-refractivity contribution is 1.56. The van der Waals surface area contributed by atoms with Gasteiger partial charge in [0.1, 0.15) is 0 Å². The fraction of sp³-hybridized carbons (Fsp3) is 0. The summed E-state index contributed by atoms with van der Waals surface area (Å²) in [6.07, 6.45) is 4.40. The number of rotatable bonds is 5. The van der Waals surface area contributed by atoms with Crippen LogP contribution >= 0.6 is 39.8 Å². The van der Waals surface area contributed by atoms with E-state index in [9.17, 15) is 0 Å². The molecule has 29 heavy (non-hydrogen) atoms. The van der Waals surface area contributed by atoms with Crippen molar-refractivity contribution in [3.05, 3.63) is 123 Å². The lowest BCUT2D eigenvalue weighted by Gasteiger charge is -2.21. The van der Waals surface area contributed by atoms with Gasteiger partial charge in [-0.2, -0.15) is 0 Å². The summed E-state index contributed by atoms with van der Waals surface area (Å²) in [7, 11) is -0.633. The predicted octanol–water partition coefficient (Wildman–Crippen LogP) is 7.14. The second-order valence-corrected chi connectivity index (χ2v) is 10.5. The fourth-order valence-corrected chi connectivity index (χ4v) is 6.43. The van der Waals surface area contributed by atoms with Crippen molar-refractivity contribution in [1.29, 1.82) is 0 Å². The van der Waals surface area contributed by atoms with E-state index in [0.29, 0.717) is 0 Å². The van der Waals surface area contributed by atoms with Gasteiger partial charge in [-0.15, -0.1) is 0 Å². The van der Waals surface area contributed by atoms with Gasteiger partial charge in [-0.05, 0) is 53.2 Å². The van der Waals surface area contributed by atoms with Crippen LogP contribution in [0.5, 0.6) is 0 Å². The van der Waals surface area contributed by atoms with Crippen LogP contribution in [0, 0.1) is 0 Å². The number of benzene rings is 4. The van der Waals surface area contributed by atoms with E-state index >= 15 is 0 Å². The monoisotopic (exact) mass is 520 g/mol. The van der Waals surface area contributed by atoms with Crippen molar-refractivity contribution in [1.82, 2.24) is 0 Å². The van der Waals surface area contributed by atoms with Crippen LogP contribution in [0.15, 0.2) is 112 Å². The summed E-state index contributed by atoms with van der Waals surface area (Å²) in [6.45, 7) is 0. The highest BCUT2D eigenvalue weighted by Crippen LogP contribution is 2.34. The SMILES string of the molecule is Brc1ccc(Br)c(C=Cc2ccccc2P(c2ccccc2)c2ccccc2)c1. The van der Waals surface area contributed by atoms with Crippen LogP contribution < -0.4 is 15.9 Å². The zero-order valence-corrected chi connectivity index (χ0v) is 19.7. The lowest BCUT2D eigenvalue weighted by Crippen LogP contribution is -2.22. The first-order valence-corrected chi connectivity index (χ1v) is 12.3. The molecule has 0 unspecified atom stereocenters. The molecule has 0 saturated heterocycles. The number of halogens is 2. The van der Waals surface area contributed by atoms with Crippen LogP contribution in [0.25, 0.3) is 12.2 Å². The summed E-state index contributed by atoms with van der Waals surface area (Å²) in [5.41, 5.74) is 2.40. The van der Waals surface area contributed by atoms with E-state index in [0.717, 1.165) is 14.5 Å². The van der Waals surface area contributed by atoms with E-state index < -0.39 is 7.92 Å². The van der Waals surface area contributed by atoms with E-state index in [4.69, 9.17) is 0 Å². The van der Waals surface area contributed by atoms with Crippen molar-refractivity contribution in [2.75, 3.05) is 0 Å². The van der Waals surface area contributed by atoms with Crippen molar-refractivity contribution < 1.29 is 0 Å². The molecule has 0 nitrogen and oxygen atoms in total. The van der Waals surface area contributed by atoms with Crippen LogP contribution in [0.2, 0.25) is 0 Å². The van der Waals surface area contributed by atoms with Gasteiger partial charge in [-0.1, -0.05) is 129 Å². The standard InChI is InChI=1S/C26H19Br2P/c27-22-17-18-25(28)21(19-22)16-15-20-9-7-8-14-26(20)29(23-10-3-1-4-11-23)24-12-5-2-6-13-24/h1-19H. The lowest BCUT2D eigenvalue weighted by atomic mass is 10.1. The fourth-order valence-electron chi connectivity index (χ4n) is 3.24. The molecule has 0 fully saturated rings. The Kier molecular flexibility index (Phi) is 6.77. The Morgan fingerprint density at radius 1 is 0.552 bits per heavy atom. The highest BCUT2D eigenvalue weighted by atomic mass is 79.9. The summed E-state index contributed by atoms with van der Waals surface area (Å²) in [5.74, 6) is 0. The van der Waals surface area contributed by atoms with Gasteiger partial charge in [0.25, 0.3) is 0 Å². The van der Waals surface area contributed by atoms with Gasteiger partial charge >= 0.3 is 0 Å². The quantitative estimate of drug-likeness (QED) is 0.193. The Morgan fingerprint density at radius 3 is 1.76 bits per heavy atom. The topological polar surface area (TPSA) is 0 Å². The number of hydrogen-bond acceptors (Lipinski definition) is 0. The highest BCUT2D eigenvalue weighted by Gasteiger charge is 2.18. The molecule has 3 heteroatoms. The zero-order valence-electron chi connectivity index (χ0n) is 15.7. The first kappa shape index (κ1) is 20.3. The van der Waals surface area contributed by atoms with Crippen LogP contribution in [-0.4, -0.2) is 0 Å². The van der Waals surface area contributed by atoms with Gasteiger partial charge < -0.3 is 0 Å². The van der Waals surface area contributed by atoms with Gasteiger partial charge in [0.05, 0.1) is 0 Å². The maximum atomic E-state index is 3.66. The van der Waals surface area contributed by atoms with Gasteiger partial charge in [0.15, 0.2) is 0 Å². The van der Waals surface area contributed by atoms with Gasteiger partial charge in [-0.3, -0.25) is 0 Å². The molecule has 0 spiro atoms.